The van der Waals surface area contributed by atoms with Crippen LogP contribution >= 0.6 is 0 Å². The van der Waals surface area contributed by atoms with Crippen molar-refractivity contribution < 1.29 is 9.90 Å². The molecule has 0 unspecified atom stereocenters. The Balaban J connectivity index is 2.35. The Hall–Kier alpha value is -2.43. The van der Waals surface area contributed by atoms with E-state index in [1.54, 1.807) is 0 Å². The van der Waals surface area contributed by atoms with Crippen LogP contribution in [0.4, 0.5) is 0 Å². The van der Waals surface area contributed by atoms with Crippen LogP contribution in [-0.4, -0.2) is 21.3 Å². The van der Waals surface area contributed by atoms with Gasteiger partial charge in [0.1, 0.15) is 5.56 Å². The van der Waals surface area contributed by atoms with Crippen molar-refractivity contribution in [3.8, 4) is 11.3 Å². The van der Waals surface area contributed by atoms with E-state index in [0.29, 0.717) is 17.7 Å². The summed E-state index contributed by atoms with van der Waals surface area (Å²) in [7, 11) is 0. The molecule has 0 spiro atoms. The van der Waals surface area contributed by atoms with Gasteiger partial charge < -0.3 is 5.11 Å². The third-order valence-electron chi connectivity index (χ3n) is 2.94. The largest absolute Gasteiger partial charge is 0.477 e. The molecule has 0 saturated heterocycles. The molecule has 2 aromatic rings. The van der Waals surface area contributed by atoms with Crippen molar-refractivity contribution >= 4 is 5.97 Å². The number of fused-ring (bicyclic) bond motifs is 3. The summed E-state index contributed by atoms with van der Waals surface area (Å²) in [6, 6.07) is 7.53. The van der Waals surface area contributed by atoms with Gasteiger partial charge in [0.25, 0.3) is 5.56 Å². The lowest BCUT2D eigenvalue weighted by Gasteiger charge is -2.01. The molecule has 0 amide bonds. The minimum atomic E-state index is -1.21. The number of H-pyrrole nitrogens is 1. The highest BCUT2D eigenvalue weighted by atomic mass is 16.4. The fourth-order valence-electron chi connectivity index (χ4n) is 2.20. The molecule has 1 aromatic carbocycles. The zero-order valence-electron chi connectivity index (χ0n) is 8.73. The van der Waals surface area contributed by atoms with E-state index in [2.05, 4.69) is 10.2 Å². The Morgan fingerprint density at radius 2 is 2.12 bits per heavy atom. The summed E-state index contributed by atoms with van der Waals surface area (Å²) in [4.78, 5) is 22.6. The second kappa shape index (κ2) is 3.28. The molecular formula is C12H8N2O3. The second-order valence-corrected chi connectivity index (χ2v) is 3.89. The number of nitrogens with zero attached hydrogens (tertiary/aromatic N) is 1. The van der Waals surface area contributed by atoms with Gasteiger partial charge >= 0.3 is 5.97 Å². The summed E-state index contributed by atoms with van der Waals surface area (Å²) in [5, 5.41) is 15.2. The highest BCUT2D eigenvalue weighted by Gasteiger charge is 2.27. The maximum Gasteiger partial charge on any atom is 0.341 e. The molecule has 1 aromatic heterocycles. The number of nitrogens with one attached hydrogen (secondary N) is 1. The van der Waals surface area contributed by atoms with Crippen LogP contribution in [0, 0.1) is 0 Å². The van der Waals surface area contributed by atoms with Crippen LogP contribution in [0.3, 0.4) is 0 Å². The molecule has 17 heavy (non-hydrogen) atoms. The van der Waals surface area contributed by atoms with Crippen LogP contribution in [0.2, 0.25) is 0 Å². The Bertz CT molecular complexity index is 688. The minimum absolute atomic E-state index is 0.203. The number of carboxylic acid groups (broad SMARTS) is 1. The SMILES string of the molecule is O=C(O)c1c2c(n[nH]c1=O)-c1ccccc1C2. The van der Waals surface area contributed by atoms with E-state index in [9.17, 15) is 9.59 Å². The first kappa shape index (κ1) is 9.77. The van der Waals surface area contributed by atoms with E-state index in [4.69, 9.17) is 5.11 Å². The van der Waals surface area contributed by atoms with Crippen molar-refractivity contribution in [2.24, 2.45) is 0 Å². The molecule has 1 aliphatic carbocycles. The summed E-state index contributed by atoms with van der Waals surface area (Å²) in [6.45, 7) is 0. The zero-order valence-corrected chi connectivity index (χ0v) is 8.73. The average Bonchev–Trinajstić information content (AvgIpc) is 2.66. The van der Waals surface area contributed by atoms with E-state index < -0.39 is 11.5 Å². The smallest absolute Gasteiger partial charge is 0.341 e. The predicted molar refractivity (Wildman–Crippen MR) is 60.1 cm³/mol. The summed E-state index contributed by atoms with van der Waals surface area (Å²) in [5.41, 5.74) is 2.10. The van der Waals surface area contributed by atoms with E-state index in [1.165, 1.54) is 0 Å². The monoisotopic (exact) mass is 228 g/mol. The number of hydrogen-bond donors (Lipinski definition) is 2. The molecule has 2 N–H and O–H groups in total. The van der Waals surface area contributed by atoms with Gasteiger partial charge in [0.15, 0.2) is 0 Å². The number of benzene rings is 1. The molecule has 5 heteroatoms. The molecule has 0 bridgehead atoms. The summed E-state index contributed by atoms with van der Waals surface area (Å²) < 4.78 is 0. The lowest BCUT2D eigenvalue weighted by molar-refractivity contribution is 0.0693. The predicted octanol–water partition coefficient (Wildman–Crippen LogP) is 1.04. The summed E-state index contributed by atoms with van der Waals surface area (Å²) >= 11 is 0. The number of aromatic carboxylic acids is 1. The second-order valence-electron chi connectivity index (χ2n) is 3.89. The minimum Gasteiger partial charge on any atom is -0.477 e. The van der Waals surface area contributed by atoms with Crippen molar-refractivity contribution in [1.82, 2.24) is 10.2 Å². The van der Waals surface area contributed by atoms with Crippen molar-refractivity contribution in [3.63, 3.8) is 0 Å². The van der Waals surface area contributed by atoms with E-state index >= 15 is 0 Å². The van der Waals surface area contributed by atoms with Crippen LogP contribution in [0.5, 0.6) is 0 Å². The van der Waals surface area contributed by atoms with Gasteiger partial charge in [-0.1, -0.05) is 24.3 Å². The topological polar surface area (TPSA) is 83.0 Å². The maximum atomic E-state index is 11.5. The molecule has 0 saturated carbocycles. The van der Waals surface area contributed by atoms with Gasteiger partial charge in [-0.15, -0.1) is 0 Å². The fourth-order valence-corrected chi connectivity index (χ4v) is 2.20. The third kappa shape index (κ3) is 1.29. The first-order valence-corrected chi connectivity index (χ1v) is 5.11. The first-order valence-electron chi connectivity index (χ1n) is 5.11. The van der Waals surface area contributed by atoms with Gasteiger partial charge in [-0.05, 0) is 5.56 Å². The average molecular weight is 228 g/mol. The van der Waals surface area contributed by atoms with Crippen LogP contribution in [-0.2, 0) is 6.42 Å². The summed E-state index contributed by atoms with van der Waals surface area (Å²) in [5.74, 6) is -1.21. The highest BCUT2D eigenvalue weighted by molar-refractivity contribution is 5.92. The number of hydrogen-bond acceptors (Lipinski definition) is 3. The van der Waals surface area contributed by atoms with Crippen LogP contribution in [0.1, 0.15) is 21.5 Å². The van der Waals surface area contributed by atoms with Gasteiger partial charge in [-0.2, -0.15) is 5.10 Å². The van der Waals surface area contributed by atoms with Crippen molar-refractivity contribution in [2.75, 3.05) is 0 Å². The number of carbonyl (C=O) groups is 1. The Labute approximate surface area is 95.7 Å². The van der Waals surface area contributed by atoms with E-state index in [-0.39, 0.29) is 5.56 Å². The lowest BCUT2D eigenvalue weighted by atomic mass is 10.1. The zero-order chi connectivity index (χ0) is 12.0. The standard InChI is InChI=1S/C12H8N2O3/c15-11-9(12(16)17)8-5-6-3-1-2-4-7(6)10(8)13-14-11/h1-4H,5H2,(H,14,15)(H,16,17). The molecular weight excluding hydrogens is 220 g/mol. The molecule has 0 fully saturated rings. The number of aromatic nitrogens is 2. The molecule has 1 aliphatic rings. The van der Waals surface area contributed by atoms with Crippen molar-refractivity contribution in [3.05, 3.63) is 51.3 Å². The normalized spacial score (nSPS) is 12.0. The highest BCUT2D eigenvalue weighted by Crippen LogP contribution is 2.34. The van der Waals surface area contributed by atoms with Crippen LogP contribution < -0.4 is 5.56 Å². The number of aromatic amines is 1. The van der Waals surface area contributed by atoms with Gasteiger partial charge in [-0.25, -0.2) is 9.89 Å². The van der Waals surface area contributed by atoms with Gasteiger partial charge in [0, 0.05) is 17.5 Å². The Kier molecular flexibility index (Phi) is 1.89. The van der Waals surface area contributed by atoms with Crippen LogP contribution in [0.15, 0.2) is 29.1 Å². The van der Waals surface area contributed by atoms with E-state index in [1.807, 2.05) is 24.3 Å². The fraction of sp³-hybridized carbons (Fsp3) is 0.0833. The molecule has 84 valence electrons. The molecule has 0 atom stereocenters. The molecule has 5 nitrogen and oxygen atoms in total. The van der Waals surface area contributed by atoms with E-state index in [0.717, 1.165) is 11.1 Å². The van der Waals surface area contributed by atoms with Crippen molar-refractivity contribution in [2.45, 2.75) is 6.42 Å². The third-order valence-corrected chi connectivity index (χ3v) is 2.94. The van der Waals surface area contributed by atoms with Gasteiger partial charge in [0.2, 0.25) is 0 Å². The van der Waals surface area contributed by atoms with Crippen molar-refractivity contribution in [1.29, 1.82) is 0 Å². The quantitative estimate of drug-likeness (QED) is 0.651. The summed E-state index contributed by atoms with van der Waals surface area (Å²) in [6.07, 6.45) is 0.448. The molecule has 1 heterocycles. The molecule has 0 radical (unpaired) electrons. The van der Waals surface area contributed by atoms with Crippen LogP contribution in [0.25, 0.3) is 11.3 Å². The Morgan fingerprint density at radius 1 is 1.35 bits per heavy atom. The van der Waals surface area contributed by atoms with Gasteiger partial charge in [-0.3, -0.25) is 4.79 Å². The number of carboxylic acids is 1. The maximum absolute atomic E-state index is 11.5. The molecule has 0 aliphatic heterocycles. The first-order chi connectivity index (χ1) is 8.18. The molecule has 3 rings (SSSR count). The van der Waals surface area contributed by atoms with Gasteiger partial charge in [0.05, 0.1) is 5.69 Å². The number of rotatable bonds is 1. The lowest BCUT2D eigenvalue weighted by Crippen LogP contribution is -2.21. The Morgan fingerprint density at radius 3 is 2.88 bits per heavy atom.